The average molecular weight is 409 g/mol. The molecule has 0 heterocycles. The van der Waals surface area contributed by atoms with Gasteiger partial charge in [0.1, 0.15) is 0 Å². The van der Waals surface area contributed by atoms with E-state index in [9.17, 15) is 15.0 Å². The van der Waals surface area contributed by atoms with Gasteiger partial charge in [-0.2, -0.15) is 0 Å². The van der Waals surface area contributed by atoms with Crippen molar-refractivity contribution in [2.24, 2.45) is 11.8 Å². The lowest BCUT2D eigenvalue weighted by Crippen LogP contribution is -2.19. The molecule has 1 fully saturated rings. The minimum atomic E-state index is -0.449. The van der Waals surface area contributed by atoms with Crippen molar-refractivity contribution in [3.8, 4) is 0 Å². The summed E-state index contributed by atoms with van der Waals surface area (Å²) < 4.78 is 5.13. The van der Waals surface area contributed by atoms with Gasteiger partial charge in [0.15, 0.2) is 0 Å². The minimum absolute atomic E-state index is 0.0377. The molecule has 1 saturated carbocycles. The number of aliphatic hydroxyl groups excluding tert-OH is 2. The van der Waals surface area contributed by atoms with Crippen molar-refractivity contribution in [1.29, 1.82) is 0 Å². The Bertz CT molecular complexity index is 483. The van der Waals surface area contributed by atoms with Gasteiger partial charge in [0.2, 0.25) is 0 Å². The first-order valence-corrected chi connectivity index (χ1v) is 11.8. The predicted octanol–water partition coefficient (Wildman–Crippen LogP) is 5.72. The van der Waals surface area contributed by atoms with Crippen LogP contribution >= 0.6 is 0 Å². The van der Waals surface area contributed by atoms with Gasteiger partial charge in [-0.15, -0.1) is 0 Å². The largest absolute Gasteiger partial charge is 0.463 e. The molecule has 29 heavy (non-hydrogen) atoms. The molecule has 0 aromatic carbocycles. The zero-order chi connectivity index (χ0) is 21.5. The van der Waals surface area contributed by atoms with Gasteiger partial charge < -0.3 is 14.9 Å². The van der Waals surface area contributed by atoms with E-state index in [2.05, 4.69) is 31.2 Å². The normalized spacial score (nSPS) is 24.9. The number of allylic oxidation sites excluding steroid dienone is 3. The summed E-state index contributed by atoms with van der Waals surface area (Å²) in [5.74, 6) is -0.0259. The van der Waals surface area contributed by atoms with Crippen LogP contribution in [-0.4, -0.2) is 34.5 Å². The van der Waals surface area contributed by atoms with Gasteiger partial charge in [-0.05, 0) is 51.9 Å². The highest BCUT2D eigenvalue weighted by Gasteiger charge is 2.39. The third kappa shape index (κ3) is 11.6. The van der Waals surface area contributed by atoms with Crippen molar-refractivity contribution in [3.63, 3.8) is 0 Å². The molecule has 0 radical (unpaired) electrons. The number of carbonyl (C=O) groups excluding carboxylic acids is 1. The Morgan fingerprint density at radius 1 is 0.966 bits per heavy atom. The summed E-state index contributed by atoms with van der Waals surface area (Å²) in [6.45, 7) is 5.95. The number of hydrogen-bond donors (Lipinski definition) is 2. The summed E-state index contributed by atoms with van der Waals surface area (Å²) in [6, 6.07) is 0. The number of esters is 1. The molecular formula is C25H44O4. The Kier molecular flexibility index (Phi) is 14.0. The molecule has 0 aromatic rings. The zero-order valence-corrected chi connectivity index (χ0v) is 18.9. The molecule has 4 heteroatoms. The minimum Gasteiger partial charge on any atom is -0.463 e. The third-order valence-corrected chi connectivity index (χ3v) is 5.69. The van der Waals surface area contributed by atoms with E-state index >= 15 is 0 Å². The SMILES string of the molecule is CCCCCCCC/C=C/[C@@H]1[C@@H](C/C=C\CCCC(=O)OC(C)C)[C@@H](O)C[C@H]1O. The fourth-order valence-electron chi connectivity index (χ4n) is 4.06. The Balaban J connectivity index is 2.29. The van der Waals surface area contributed by atoms with E-state index in [0.29, 0.717) is 12.8 Å². The van der Waals surface area contributed by atoms with Crippen molar-refractivity contribution in [2.75, 3.05) is 0 Å². The molecule has 1 aliphatic rings. The van der Waals surface area contributed by atoms with Crippen LogP contribution in [0, 0.1) is 11.8 Å². The van der Waals surface area contributed by atoms with Gasteiger partial charge in [-0.25, -0.2) is 0 Å². The van der Waals surface area contributed by atoms with Gasteiger partial charge >= 0.3 is 5.97 Å². The van der Waals surface area contributed by atoms with E-state index in [1.807, 2.05) is 13.8 Å². The Morgan fingerprint density at radius 2 is 1.66 bits per heavy atom. The van der Waals surface area contributed by atoms with Gasteiger partial charge in [0, 0.05) is 18.8 Å². The number of aliphatic hydroxyl groups is 2. The molecule has 0 aliphatic heterocycles. The molecular weight excluding hydrogens is 364 g/mol. The Morgan fingerprint density at radius 3 is 2.38 bits per heavy atom. The van der Waals surface area contributed by atoms with Gasteiger partial charge in [0.25, 0.3) is 0 Å². The van der Waals surface area contributed by atoms with E-state index < -0.39 is 12.2 Å². The zero-order valence-electron chi connectivity index (χ0n) is 18.9. The van der Waals surface area contributed by atoms with Crippen molar-refractivity contribution in [1.82, 2.24) is 0 Å². The highest BCUT2D eigenvalue weighted by molar-refractivity contribution is 5.69. The van der Waals surface area contributed by atoms with Gasteiger partial charge in [0.05, 0.1) is 18.3 Å². The summed E-state index contributed by atoms with van der Waals surface area (Å²) in [5.41, 5.74) is 0. The second-order valence-electron chi connectivity index (χ2n) is 8.73. The van der Waals surface area contributed by atoms with Crippen molar-refractivity contribution >= 4 is 5.97 Å². The summed E-state index contributed by atoms with van der Waals surface area (Å²) >= 11 is 0. The summed E-state index contributed by atoms with van der Waals surface area (Å²) in [4.78, 5) is 11.5. The molecule has 0 saturated heterocycles. The fourth-order valence-corrected chi connectivity index (χ4v) is 4.06. The van der Waals surface area contributed by atoms with Crippen LogP contribution in [0.25, 0.3) is 0 Å². The summed E-state index contributed by atoms with van der Waals surface area (Å²) in [7, 11) is 0. The number of carbonyl (C=O) groups is 1. The van der Waals surface area contributed by atoms with Crippen molar-refractivity contribution < 1.29 is 19.7 Å². The molecule has 1 aliphatic carbocycles. The maximum atomic E-state index is 11.5. The molecule has 0 unspecified atom stereocenters. The van der Waals surface area contributed by atoms with Crippen LogP contribution < -0.4 is 0 Å². The first-order chi connectivity index (χ1) is 14.0. The van der Waals surface area contributed by atoms with Gasteiger partial charge in [-0.3, -0.25) is 4.79 Å². The molecule has 0 spiro atoms. The van der Waals surface area contributed by atoms with Crippen molar-refractivity contribution in [2.45, 2.75) is 116 Å². The number of rotatable bonds is 15. The van der Waals surface area contributed by atoms with E-state index in [1.165, 1.54) is 38.5 Å². The molecule has 0 bridgehead atoms. The molecule has 168 valence electrons. The van der Waals surface area contributed by atoms with Crippen LogP contribution in [0.4, 0.5) is 0 Å². The predicted molar refractivity (Wildman–Crippen MR) is 120 cm³/mol. The van der Waals surface area contributed by atoms with Crippen LogP contribution in [0.1, 0.15) is 97.8 Å². The van der Waals surface area contributed by atoms with Crippen LogP contribution in [0.3, 0.4) is 0 Å². The van der Waals surface area contributed by atoms with E-state index in [0.717, 1.165) is 25.7 Å². The van der Waals surface area contributed by atoms with Crippen molar-refractivity contribution in [3.05, 3.63) is 24.3 Å². The quantitative estimate of drug-likeness (QED) is 0.207. The third-order valence-electron chi connectivity index (χ3n) is 5.69. The monoisotopic (exact) mass is 408 g/mol. The topological polar surface area (TPSA) is 66.8 Å². The van der Waals surface area contributed by atoms with Crippen LogP contribution in [0.15, 0.2) is 24.3 Å². The van der Waals surface area contributed by atoms with Crippen LogP contribution in [0.2, 0.25) is 0 Å². The van der Waals surface area contributed by atoms with E-state index in [-0.39, 0.29) is 23.9 Å². The average Bonchev–Trinajstić information content (AvgIpc) is 2.92. The lowest BCUT2D eigenvalue weighted by Gasteiger charge is -2.19. The maximum Gasteiger partial charge on any atom is 0.306 e. The first kappa shape index (κ1) is 25.9. The fraction of sp³-hybridized carbons (Fsp3) is 0.800. The maximum absolute atomic E-state index is 11.5. The number of hydrogen-bond acceptors (Lipinski definition) is 4. The van der Waals surface area contributed by atoms with Gasteiger partial charge in [-0.1, -0.05) is 63.3 Å². The van der Waals surface area contributed by atoms with E-state index in [1.54, 1.807) is 0 Å². The van der Waals surface area contributed by atoms with E-state index in [4.69, 9.17) is 4.74 Å². The molecule has 0 aromatic heterocycles. The first-order valence-electron chi connectivity index (χ1n) is 11.8. The number of unbranched alkanes of at least 4 members (excludes halogenated alkanes) is 7. The summed E-state index contributed by atoms with van der Waals surface area (Å²) in [6.07, 6.45) is 19.6. The molecule has 4 atom stereocenters. The Labute approximate surface area is 178 Å². The van der Waals surface area contributed by atoms with Crippen LogP contribution in [0.5, 0.6) is 0 Å². The second kappa shape index (κ2) is 15.7. The summed E-state index contributed by atoms with van der Waals surface area (Å²) in [5, 5.41) is 20.6. The Hall–Kier alpha value is -1.13. The lowest BCUT2D eigenvalue weighted by molar-refractivity contribution is -0.147. The molecule has 4 nitrogen and oxygen atoms in total. The highest BCUT2D eigenvalue weighted by Crippen LogP contribution is 2.36. The highest BCUT2D eigenvalue weighted by atomic mass is 16.5. The lowest BCUT2D eigenvalue weighted by atomic mass is 9.89. The standard InChI is InChI=1S/C25H44O4/c1-4-5-6-7-8-9-10-13-16-21-22(24(27)19-23(21)26)17-14-11-12-15-18-25(28)29-20(2)3/h11,13-14,16,20-24,26-27H,4-10,12,15,17-19H2,1-3H3/b14-11-,16-13+/t21-,22-,23-,24+/m1/s1. The number of ether oxygens (including phenoxy) is 1. The molecule has 2 N–H and O–H groups in total. The molecule has 0 amide bonds. The smallest absolute Gasteiger partial charge is 0.306 e. The van der Waals surface area contributed by atoms with Crippen LogP contribution in [-0.2, 0) is 9.53 Å². The second-order valence-corrected chi connectivity index (χ2v) is 8.73. The molecule has 1 rings (SSSR count).